The molecule has 0 aliphatic rings. The molecule has 0 aliphatic heterocycles. The molecular formula is C16H17FN2O4S. The maximum atomic E-state index is 12.8. The zero-order valence-electron chi connectivity index (χ0n) is 12.9. The first-order valence-corrected chi connectivity index (χ1v) is 8.65. The Hall–Kier alpha value is -2.45. The van der Waals surface area contributed by atoms with Gasteiger partial charge in [-0.15, -0.1) is 0 Å². The van der Waals surface area contributed by atoms with Crippen LogP contribution in [0.2, 0.25) is 0 Å². The molecule has 0 saturated heterocycles. The van der Waals surface area contributed by atoms with Gasteiger partial charge in [-0.05, 0) is 55.0 Å². The van der Waals surface area contributed by atoms with E-state index in [1.807, 2.05) is 0 Å². The second kappa shape index (κ2) is 7.41. The fourth-order valence-electron chi connectivity index (χ4n) is 1.92. The highest BCUT2D eigenvalue weighted by atomic mass is 32.2. The number of ether oxygens (including phenoxy) is 1. The van der Waals surface area contributed by atoms with Crippen molar-refractivity contribution in [2.24, 2.45) is 5.73 Å². The smallest absolute Gasteiger partial charge is 0.241 e. The van der Waals surface area contributed by atoms with Crippen LogP contribution in [-0.2, 0) is 14.8 Å². The Morgan fingerprint density at radius 3 is 2.08 bits per heavy atom. The van der Waals surface area contributed by atoms with Crippen LogP contribution in [0, 0.1) is 5.82 Å². The van der Waals surface area contributed by atoms with Crippen LogP contribution in [0.4, 0.5) is 4.39 Å². The summed E-state index contributed by atoms with van der Waals surface area (Å²) in [5, 5.41) is 0. The van der Waals surface area contributed by atoms with Crippen molar-refractivity contribution in [3.63, 3.8) is 0 Å². The van der Waals surface area contributed by atoms with Gasteiger partial charge >= 0.3 is 0 Å². The Kier molecular flexibility index (Phi) is 5.53. The summed E-state index contributed by atoms with van der Waals surface area (Å²) >= 11 is 0. The number of amides is 1. The van der Waals surface area contributed by atoms with Crippen LogP contribution in [0.1, 0.15) is 13.3 Å². The van der Waals surface area contributed by atoms with Crippen molar-refractivity contribution < 1.29 is 22.3 Å². The van der Waals surface area contributed by atoms with Gasteiger partial charge in [0.15, 0.2) is 0 Å². The summed E-state index contributed by atoms with van der Waals surface area (Å²) < 4.78 is 45.0. The van der Waals surface area contributed by atoms with Gasteiger partial charge in [0.1, 0.15) is 23.4 Å². The highest BCUT2D eigenvalue weighted by Crippen LogP contribution is 2.23. The largest absolute Gasteiger partial charge is 0.457 e. The fraction of sp³-hybridized carbons (Fsp3) is 0.188. The number of primary amides is 1. The summed E-state index contributed by atoms with van der Waals surface area (Å²) in [6.45, 7) is 1.65. The molecule has 0 spiro atoms. The minimum absolute atomic E-state index is 0.0198. The van der Waals surface area contributed by atoms with Gasteiger partial charge in [0.2, 0.25) is 15.9 Å². The molecule has 2 aromatic rings. The maximum absolute atomic E-state index is 12.8. The Balaban J connectivity index is 2.13. The molecule has 0 radical (unpaired) electrons. The van der Waals surface area contributed by atoms with Gasteiger partial charge in [-0.2, -0.15) is 4.72 Å². The van der Waals surface area contributed by atoms with Crippen LogP contribution in [0.5, 0.6) is 11.5 Å². The number of hydrogen-bond donors (Lipinski definition) is 2. The van der Waals surface area contributed by atoms with Crippen LogP contribution < -0.4 is 15.2 Å². The SMILES string of the molecule is CC[C@H](NS(=O)(=O)c1ccc(Oc2ccc(F)cc2)cc1)C(N)=O. The van der Waals surface area contributed by atoms with Gasteiger partial charge in [-0.1, -0.05) is 6.92 Å². The fourth-order valence-corrected chi connectivity index (χ4v) is 3.21. The van der Waals surface area contributed by atoms with Crippen molar-refractivity contribution in [3.8, 4) is 11.5 Å². The van der Waals surface area contributed by atoms with Gasteiger partial charge in [-0.25, -0.2) is 12.8 Å². The lowest BCUT2D eigenvalue weighted by molar-refractivity contribution is -0.119. The molecule has 2 rings (SSSR count). The van der Waals surface area contributed by atoms with Crippen molar-refractivity contribution >= 4 is 15.9 Å². The van der Waals surface area contributed by atoms with Gasteiger partial charge in [-0.3, -0.25) is 4.79 Å². The molecule has 24 heavy (non-hydrogen) atoms. The highest BCUT2D eigenvalue weighted by molar-refractivity contribution is 7.89. The topological polar surface area (TPSA) is 98.5 Å². The Morgan fingerprint density at radius 1 is 1.12 bits per heavy atom. The summed E-state index contributed by atoms with van der Waals surface area (Å²) in [5.41, 5.74) is 5.14. The second-order valence-corrected chi connectivity index (χ2v) is 6.73. The third-order valence-electron chi connectivity index (χ3n) is 3.23. The number of hydrogen-bond acceptors (Lipinski definition) is 4. The molecule has 0 aliphatic carbocycles. The second-order valence-electron chi connectivity index (χ2n) is 5.01. The normalized spacial score (nSPS) is 12.6. The van der Waals surface area contributed by atoms with Gasteiger partial charge < -0.3 is 10.5 Å². The highest BCUT2D eigenvalue weighted by Gasteiger charge is 2.22. The van der Waals surface area contributed by atoms with Crippen molar-refractivity contribution in [2.75, 3.05) is 0 Å². The average Bonchev–Trinajstić information content (AvgIpc) is 2.55. The van der Waals surface area contributed by atoms with E-state index in [1.165, 1.54) is 48.5 Å². The number of carbonyl (C=O) groups is 1. The molecular weight excluding hydrogens is 335 g/mol. The molecule has 128 valence electrons. The van der Waals surface area contributed by atoms with E-state index >= 15 is 0 Å². The first-order valence-electron chi connectivity index (χ1n) is 7.17. The average molecular weight is 352 g/mol. The third kappa shape index (κ3) is 4.53. The summed E-state index contributed by atoms with van der Waals surface area (Å²) in [6, 6.07) is 10.1. The monoisotopic (exact) mass is 352 g/mol. The lowest BCUT2D eigenvalue weighted by atomic mass is 10.2. The Labute approximate surface area is 139 Å². The Bertz CT molecular complexity index is 805. The quantitative estimate of drug-likeness (QED) is 0.798. The van der Waals surface area contributed by atoms with Crippen LogP contribution in [-0.4, -0.2) is 20.4 Å². The van der Waals surface area contributed by atoms with E-state index in [-0.39, 0.29) is 17.1 Å². The molecule has 0 heterocycles. The Morgan fingerprint density at radius 2 is 1.62 bits per heavy atom. The van der Waals surface area contributed by atoms with Gasteiger partial charge in [0.25, 0.3) is 0 Å². The van der Waals surface area contributed by atoms with Crippen molar-refractivity contribution in [2.45, 2.75) is 24.3 Å². The van der Waals surface area contributed by atoms with Crippen LogP contribution in [0.25, 0.3) is 0 Å². The first-order chi connectivity index (χ1) is 11.3. The molecule has 0 fully saturated rings. The van der Waals surface area contributed by atoms with Crippen molar-refractivity contribution in [1.82, 2.24) is 4.72 Å². The number of nitrogens with one attached hydrogen (secondary N) is 1. The molecule has 3 N–H and O–H groups in total. The van der Waals surface area contributed by atoms with Gasteiger partial charge in [0, 0.05) is 0 Å². The van der Waals surface area contributed by atoms with E-state index in [9.17, 15) is 17.6 Å². The van der Waals surface area contributed by atoms with E-state index < -0.39 is 22.0 Å². The first kappa shape index (κ1) is 17.9. The lowest BCUT2D eigenvalue weighted by Crippen LogP contribution is -2.43. The molecule has 0 aromatic heterocycles. The molecule has 1 atom stereocenters. The minimum Gasteiger partial charge on any atom is -0.457 e. The number of halogens is 1. The molecule has 1 amide bonds. The van der Waals surface area contributed by atoms with Crippen molar-refractivity contribution in [3.05, 3.63) is 54.3 Å². The van der Waals surface area contributed by atoms with Crippen LogP contribution in [0.15, 0.2) is 53.4 Å². The summed E-state index contributed by atoms with van der Waals surface area (Å²) in [6.07, 6.45) is 0.250. The van der Waals surface area contributed by atoms with Gasteiger partial charge in [0.05, 0.1) is 4.90 Å². The number of benzene rings is 2. The van der Waals surface area contributed by atoms with E-state index in [1.54, 1.807) is 6.92 Å². The summed E-state index contributed by atoms with van der Waals surface area (Å²) in [4.78, 5) is 11.1. The molecule has 0 saturated carbocycles. The number of rotatable bonds is 7. The predicted octanol–water partition coefficient (Wildman–Crippen LogP) is 2.16. The molecule has 2 aromatic carbocycles. The summed E-state index contributed by atoms with van der Waals surface area (Å²) in [5.74, 6) is -0.306. The maximum Gasteiger partial charge on any atom is 0.241 e. The number of nitrogens with two attached hydrogens (primary N) is 1. The third-order valence-corrected chi connectivity index (χ3v) is 4.72. The minimum atomic E-state index is -3.87. The van der Waals surface area contributed by atoms with Crippen molar-refractivity contribution in [1.29, 1.82) is 0 Å². The zero-order valence-corrected chi connectivity index (χ0v) is 13.7. The lowest BCUT2D eigenvalue weighted by Gasteiger charge is -2.14. The molecule has 0 unspecified atom stereocenters. The summed E-state index contributed by atoms with van der Waals surface area (Å²) in [7, 11) is -3.87. The van der Waals surface area contributed by atoms with E-state index in [0.717, 1.165) is 0 Å². The number of sulfonamides is 1. The van der Waals surface area contributed by atoms with Crippen LogP contribution in [0.3, 0.4) is 0 Å². The number of carbonyl (C=O) groups excluding carboxylic acids is 1. The standard InChI is InChI=1S/C16H17FN2O4S/c1-2-15(16(18)20)19-24(21,22)14-9-7-13(8-10-14)23-12-5-3-11(17)4-6-12/h3-10,15,19H,2H2,1H3,(H2,18,20)/t15-/m0/s1. The van der Waals surface area contributed by atoms with E-state index in [2.05, 4.69) is 4.72 Å². The molecule has 0 bridgehead atoms. The molecule has 8 heteroatoms. The van der Waals surface area contributed by atoms with Crippen LogP contribution >= 0.6 is 0 Å². The van der Waals surface area contributed by atoms with E-state index in [0.29, 0.717) is 11.5 Å². The predicted molar refractivity (Wildman–Crippen MR) is 86.5 cm³/mol. The zero-order chi connectivity index (χ0) is 17.7. The molecule has 6 nitrogen and oxygen atoms in total. The van der Waals surface area contributed by atoms with E-state index in [4.69, 9.17) is 10.5 Å².